The fourth-order valence-electron chi connectivity index (χ4n) is 2.40. The van der Waals surface area contributed by atoms with E-state index in [1.807, 2.05) is 40.0 Å². The summed E-state index contributed by atoms with van der Waals surface area (Å²) in [5.74, 6) is 0. The fourth-order valence-corrected chi connectivity index (χ4v) is 2.40. The summed E-state index contributed by atoms with van der Waals surface area (Å²) in [5, 5.41) is 3.20. The molecule has 0 saturated carbocycles. The van der Waals surface area contributed by atoms with Gasteiger partial charge in [0, 0.05) is 6.54 Å². The molecule has 0 radical (unpaired) electrons. The molecule has 1 aliphatic rings. The molecule has 0 saturated heterocycles. The van der Waals surface area contributed by atoms with Crippen LogP contribution in [-0.4, -0.2) is 30.2 Å². The van der Waals surface area contributed by atoms with E-state index in [1.165, 1.54) is 5.56 Å². The standard InChI is InChI=1S/C15H22N2O2/c1-15(2,3)19-14(18)17-10-9-11-7-5-6-8-12(11)13(17)16-4/h5-8,13,16H,9-10H2,1-4H3. The Kier molecular flexibility index (Phi) is 3.80. The molecule has 0 aliphatic carbocycles. The Morgan fingerprint density at radius 3 is 2.68 bits per heavy atom. The van der Waals surface area contributed by atoms with Gasteiger partial charge in [-0.05, 0) is 45.4 Å². The first-order valence-electron chi connectivity index (χ1n) is 6.67. The lowest BCUT2D eigenvalue weighted by atomic mass is 9.97. The van der Waals surface area contributed by atoms with Crippen molar-refractivity contribution in [1.82, 2.24) is 10.2 Å². The minimum absolute atomic E-state index is 0.111. The Morgan fingerprint density at radius 1 is 1.37 bits per heavy atom. The Balaban J connectivity index is 2.22. The Morgan fingerprint density at radius 2 is 2.05 bits per heavy atom. The Hall–Kier alpha value is -1.55. The third kappa shape index (κ3) is 3.07. The molecule has 1 amide bonds. The van der Waals surface area contributed by atoms with Gasteiger partial charge in [0.15, 0.2) is 0 Å². The summed E-state index contributed by atoms with van der Waals surface area (Å²) >= 11 is 0. The zero-order valence-electron chi connectivity index (χ0n) is 12.1. The fraction of sp³-hybridized carbons (Fsp3) is 0.533. The Bertz CT molecular complexity index is 465. The van der Waals surface area contributed by atoms with E-state index in [0.29, 0.717) is 6.54 Å². The predicted octanol–water partition coefficient (Wildman–Crippen LogP) is 2.70. The van der Waals surface area contributed by atoms with Crippen molar-refractivity contribution in [3.8, 4) is 0 Å². The predicted molar refractivity (Wildman–Crippen MR) is 74.9 cm³/mol. The molecule has 4 nitrogen and oxygen atoms in total. The highest BCUT2D eigenvalue weighted by Gasteiger charge is 2.32. The molecule has 0 spiro atoms. The van der Waals surface area contributed by atoms with Crippen molar-refractivity contribution >= 4 is 6.09 Å². The molecule has 1 aliphatic heterocycles. The number of nitrogens with one attached hydrogen (secondary N) is 1. The van der Waals surface area contributed by atoms with Gasteiger partial charge in [0.1, 0.15) is 11.8 Å². The van der Waals surface area contributed by atoms with Gasteiger partial charge in [-0.1, -0.05) is 24.3 Å². The van der Waals surface area contributed by atoms with E-state index in [9.17, 15) is 4.79 Å². The van der Waals surface area contributed by atoms with Gasteiger partial charge in [0.25, 0.3) is 0 Å². The number of ether oxygens (including phenoxy) is 1. The zero-order valence-corrected chi connectivity index (χ0v) is 12.1. The molecule has 1 aromatic rings. The van der Waals surface area contributed by atoms with Gasteiger partial charge >= 0.3 is 6.09 Å². The van der Waals surface area contributed by atoms with E-state index in [0.717, 1.165) is 12.0 Å². The van der Waals surface area contributed by atoms with Crippen LogP contribution in [0, 0.1) is 0 Å². The summed E-state index contributed by atoms with van der Waals surface area (Å²) in [7, 11) is 1.87. The highest BCUT2D eigenvalue weighted by molar-refractivity contribution is 5.69. The minimum Gasteiger partial charge on any atom is -0.444 e. The molecule has 0 aromatic heterocycles. The first-order chi connectivity index (χ1) is 8.92. The van der Waals surface area contributed by atoms with Crippen LogP contribution >= 0.6 is 0 Å². The average molecular weight is 262 g/mol. The lowest BCUT2D eigenvalue weighted by Crippen LogP contribution is -2.47. The maximum Gasteiger partial charge on any atom is 0.411 e. The molecule has 0 fully saturated rings. The third-order valence-electron chi connectivity index (χ3n) is 3.18. The summed E-state index contributed by atoms with van der Waals surface area (Å²) < 4.78 is 5.47. The number of carbonyl (C=O) groups excluding carboxylic acids is 1. The van der Waals surface area contributed by atoms with Crippen LogP contribution in [0.4, 0.5) is 4.79 Å². The molecule has 104 valence electrons. The van der Waals surface area contributed by atoms with Crippen LogP contribution in [0.25, 0.3) is 0 Å². The SMILES string of the molecule is CNC1c2ccccc2CCN1C(=O)OC(C)(C)C. The molecular weight excluding hydrogens is 240 g/mol. The highest BCUT2D eigenvalue weighted by atomic mass is 16.6. The number of nitrogens with zero attached hydrogens (tertiary/aromatic N) is 1. The number of amides is 1. The largest absolute Gasteiger partial charge is 0.444 e. The second-order valence-corrected chi connectivity index (χ2v) is 5.81. The van der Waals surface area contributed by atoms with Gasteiger partial charge in [-0.2, -0.15) is 0 Å². The van der Waals surface area contributed by atoms with Gasteiger partial charge in [-0.25, -0.2) is 4.79 Å². The van der Waals surface area contributed by atoms with E-state index in [2.05, 4.69) is 17.4 Å². The van der Waals surface area contributed by atoms with Gasteiger partial charge in [0.2, 0.25) is 0 Å². The minimum atomic E-state index is -0.466. The normalized spacial score (nSPS) is 18.9. The molecule has 1 N–H and O–H groups in total. The number of rotatable bonds is 1. The molecule has 1 aromatic carbocycles. The topological polar surface area (TPSA) is 41.6 Å². The van der Waals surface area contributed by atoms with Crippen molar-refractivity contribution < 1.29 is 9.53 Å². The van der Waals surface area contributed by atoms with Crippen molar-refractivity contribution in [2.24, 2.45) is 0 Å². The molecule has 4 heteroatoms. The van der Waals surface area contributed by atoms with E-state index in [1.54, 1.807) is 4.90 Å². The molecule has 1 heterocycles. The summed E-state index contributed by atoms with van der Waals surface area (Å²) in [6.07, 6.45) is 0.495. The first-order valence-corrected chi connectivity index (χ1v) is 6.67. The molecule has 1 unspecified atom stereocenters. The van der Waals surface area contributed by atoms with Crippen molar-refractivity contribution in [3.63, 3.8) is 0 Å². The Labute approximate surface area is 114 Å². The van der Waals surface area contributed by atoms with E-state index >= 15 is 0 Å². The van der Waals surface area contributed by atoms with Crippen LogP contribution in [0.1, 0.15) is 38.1 Å². The van der Waals surface area contributed by atoms with Crippen LogP contribution in [0.2, 0.25) is 0 Å². The van der Waals surface area contributed by atoms with Crippen LogP contribution in [-0.2, 0) is 11.2 Å². The van der Waals surface area contributed by atoms with Gasteiger partial charge in [0.05, 0.1) is 0 Å². The zero-order chi connectivity index (χ0) is 14.0. The van der Waals surface area contributed by atoms with Crippen LogP contribution in [0.5, 0.6) is 0 Å². The van der Waals surface area contributed by atoms with Crippen LogP contribution in [0.15, 0.2) is 24.3 Å². The first kappa shape index (κ1) is 13.9. The maximum absolute atomic E-state index is 12.3. The summed E-state index contributed by atoms with van der Waals surface area (Å²) in [6, 6.07) is 8.22. The average Bonchev–Trinajstić information content (AvgIpc) is 2.35. The van der Waals surface area contributed by atoms with Crippen LogP contribution in [0.3, 0.4) is 0 Å². The van der Waals surface area contributed by atoms with Crippen molar-refractivity contribution in [1.29, 1.82) is 0 Å². The van der Waals surface area contributed by atoms with Gasteiger partial charge in [-0.15, -0.1) is 0 Å². The molecule has 1 atom stereocenters. The second-order valence-electron chi connectivity index (χ2n) is 5.81. The number of benzene rings is 1. The van der Waals surface area contributed by atoms with Crippen LogP contribution < -0.4 is 5.32 Å². The number of hydrogen-bond donors (Lipinski definition) is 1. The molecular formula is C15H22N2O2. The van der Waals surface area contributed by atoms with E-state index in [-0.39, 0.29) is 12.3 Å². The molecule has 2 rings (SSSR count). The quantitative estimate of drug-likeness (QED) is 0.846. The monoisotopic (exact) mass is 262 g/mol. The lowest BCUT2D eigenvalue weighted by Gasteiger charge is -2.37. The number of hydrogen-bond acceptors (Lipinski definition) is 3. The summed E-state index contributed by atoms with van der Waals surface area (Å²) in [4.78, 5) is 14.0. The number of fused-ring (bicyclic) bond motifs is 1. The van der Waals surface area contributed by atoms with Gasteiger partial charge < -0.3 is 4.74 Å². The van der Waals surface area contributed by atoms with Crippen molar-refractivity contribution in [2.75, 3.05) is 13.6 Å². The summed E-state index contributed by atoms with van der Waals surface area (Å²) in [6.45, 7) is 6.34. The van der Waals surface area contributed by atoms with Crippen molar-refractivity contribution in [3.05, 3.63) is 35.4 Å². The smallest absolute Gasteiger partial charge is 0.411 e. The third-order valence-corrected chi connectivity index (χ3v) is 3.18. The molecule has 19 heavy (non-hydrogen) atoms. The van der Waals surface area contributed by atoms with E-state index in [4.69, 9.17) is 4.74 Å². The summed E-state index contributed by atoms with van der Waals surface area (Å²) in [5.41, 5.74) is 1.98. The van der Waals surface area contributed by atoms with Gasteiger partial charge in [-0.3, -0.25) is 10.2 Å². The highest BCUT2D eigenvalue weighted by Crippen LogP contribution is 2.28. The number of carbonyl (C=O) groups is 1. The second kappa shape index (κ2) is 5.21. The lowest BCUT2D eigenvalue weighted by molar-refractivity contribution is 0.0111. The maximum atomic E-state index is 12.3. The van der Waals surface area contributed by atoms with Crippen molar-refractivity contribution in [2.45, 2.75) is 39.0 Å². The van der Waals surface area contributed by atoms with E-state index < -0.39 is 5.60 Å². The molecule has 0 bridgehead atoms.